The SMILES string of the molecule is C=C(C)/C=C\CC[C@H](C)F. The van der Waals surface area contributed by atoms with Crippen molar-refractivity contribution >= 4 is 0 Å². The monoisotopic (exact) mass is 142 g/mol. The molecular weight excluding hydrogens is 127 g/mol. The predicted octanol–water partition coefficient (Wildman–Crippen LogP) is 3.26. The van der Waals surface area contributed by atoms with Crippen molar-refractivity contribution in [1.82, 2.24) is 0 Å². The first-order valence-corrected chi connectivity index (χ1v) is 3.59. The lowest BCUT2D eigenvalue weighted by molar-refractivity contribution is 0.343. The largest absolute Gasteiger partial charge is 0.248 e. The fourth-order valence-corrected chi connectivity index (χ4v) is 0.610. The smallest absolute Gasteiger partial charge is 0.0976 e. The van der Waals surface area contributed by atoms with Gasteiger partial charge in [-0.15, -0.1) is 0 Å². The van der Waals surface area contributed by atoms with Crippen LogP contribution in [0.4, 0.5) is 4.39 Å². The predicted molar refractivity (Wildman–Crippen MR) is 43.8 cm³/mol. The maximum absolute atomic E-state index is 12.2. The maximum Gasteiger partial charge on any atom is 0.0976 e. The quantitative estimate of drug-likeness (QED) is 0.528. The first kappa shape index (κ1) is 9.41. The first-order valence-electron chi connectivity index (χ1n) is 3.59. The van der Waals surface area contributed by atoms with E-state index in [0.29, 0.717) is 6.42 Å². The minimum Gasteiger partial charge on any atom is -0.248 e. The van der Waals surface area contributed by atoms with E-state index in [-0.39, 0.29) is 0 Å². The topological polar surface area (TPSA) is 0 Å². The Morgan fingerprint density at radius 1 is 1.70 bits per heavy atom. The van der Waals surface area contributed by atoms with Crippen molar-refractivity contribution in [1.29, 1.82) is 0 Å². The molecule has 0 spiro atoms. The molecule has 0 N–H and O–H groups in total. The lowest BCUT2D eigenvalue weighted by Gasteiger charge is -1.95. The number of halogens is 1. The van der Waals surface area contributed by atoms with Crippen LogP contribution in [0.1, 0.15) is 26.7 Å². The van der Waals surface area contributed by atoms with Crippen LogP contribution in [0.5, 0.6) is 0 Å². The summed E-state index contributed by atoms with van der Waals surface area (Å²) in [5, 5.41) is 0. The van der Waals surface area contributed by atoms with Crippen molar-refractivity contribution in [2.75, 3.05) is 0 Å². The fraction of sp³-hybridized carbons (Fsp3) is 0.556. The van der Waals surface area contributed by atoms with Gasteiger partial charge < -0.3 is 0 Å². The molecule has 0 aromatic heterocycles. The van der Waals surface area contributed by atoms with E-state index in [0.717, 1.165) is 12.0 Å². The maximum atomic E-state index is 12.2. The van der Waals surface area contributed by atoms with Gasteiger partial charge in [0.05, 0.1) is 6.17 Å². The Morgan fingerprint density at radius 3 is 2.70 bits per heavy atom. The third-order valence-corrected chi connectivity index (χ3v) is 1.13. The van der Waals surface area contributed by atoms with Crippen molar-refractivity contribution in [2.24, 2.45) is 0 Å². The molecule has 0 aliphatic heterocycles. The highest BCUT2D eigenvalue weighted by atomic mass is 19.1. The van der Waals surface area contributed by atoms with Crippen LogP contribution in [0.2, 0.25) is 0 Å². The molecule has 0 aromatic carbocycles. The summed E-state index contributed by atoms with van der Waals surface area (Å²) < 4.78 is 12.2. The molecule has 0 rings (SSSR count). The molecule has 0 nitrogen and oxygen atoms in total. The summed E-state index contributed by atoms with van der Waals surface area (Å²) in [6.07, 6.45) is 4.62. The van der Waals surface area contributed by atoms with Gasteiger partial charge >= 0.3 is 0 Å². The van der Waals surface area contributed by atoms with Crippen LogP contribution in [0.25, 0.3) is 0 Å². The third-order valence-electron chi connectivity index (χ3n) is 1.13. The number of allylic oxidation sites excluding steroid dienone is 3. The van der Waals surface area contributed by atoms with E-state index in [1.54, 1.807) is 6.92 Å². The summed E-state index contributed by atoms with van der Waals surface area (Å²) in [5.41, 5.74) is 1.02. The molecule has 1 heteroatoms. The van der Waals surface area contributed by atoms with Crippen LogP contribution >= 0.6 is 0 Å². The van der Waals surface area contributed by atoms with Gasteiger partial charge in [-0.3, -0.25) is 0 Å². The van der Waals surface area contributed by atoms with E-state index in [1.165, 1.54) is 0 Å². The molecule has 0 aromatic rings. The van der Waals surface area contributed by atoms with Gasteiger partial charge in [-0.1, -0.05) is 24.3 Å². The molecule has 10 heavy (non-hydrogen) atoms. The Labute approximate surface area is 62.4 Å². The Balaban J connectivity index is 3.27. The summed E-state index contributed by atoms with van der Waals surface area (Å²) in [7, 11) is 0. The zero-order chi connectivity index (χ0) is 7.98. The van der Waals surface area contributed by atoms with Gasteiger partial charge in [-0.05, 0) is 26.7 Å². The first-order chi connectivity index (χ1) is 4.63. The molecule has 0 radical (unpaired) electrons. The van der Waals surface area contributed by atoms with Gasteiger partial charge in [0, 0.05) is 0 Å². The summed E-state index contributed by atoms with van der Waals surface area (Å²) in [5.74, 6) is 0. The highest BCUT2D eigenvalue weighted by Crippen LogP contribution is 2.02. The van der Waals surface area contributed by atoms with Gasteiger partial charge in [0.25, 0.3) is 0 Å². The molecule has 1 atom stereocenters. The molecule has 0 amide bonds. The van der Waals surface area contributed by atoms with E-state index in [1.807, 2.05) is 19.1 Å². The highest BCUT2D eigenvalue weighted by Gasteiger charge is 1.92. The Morgan fingerprint density at radius 2 is 2.30 bits per heavy atom. The van der Waals surface area contributed by atoms with Crippen LogP contribution in [0, 0.1) is 0 Å². The highest BCUT2D eigenvalue weighted by molar-refractivity contribution is 5.10. The van der Waals surface area contributed by atoms with Gasteiger partial charge in [0.1, 0.15) is 0 Å². The molecular formula is C9H15F. The van der Waals surface area contributed by atoms with Crippen molar-refractivity contribution in [3.63, 3.8) is 0 Å². The van der Waals surface area contributed by atoms with Crippen LogP contribution in [-0.2, 0) is 0 Å². The molecule has 58 valence electrons. The van der Waals surface area contributed by atoms with Crippen molar-refractivity contribution in [3.8, 4) is 0 Å². The minimum absolute atomic E-state index is 0.615. The number of hydrogen-bond acceptors (Lipinski definition) is 0. The van der Waals surface area contributed by atoms with Crippen LogP contribution < -0.4 is 0 Å². The lowest BCUT2D eigenvalue weighted by atomic mass is 10.2. The summed E-state index contributed by atoms with van der Waals surface area (Å²) >= 11 is 0. The second kappa shape index (κ2) is 5.21. The molecule has 0 aliphatic carbocycles. The van der Waals surface area contributed by atoms with Crippen LogP contribution in [0.3, 0.4) is 0 Å². The van der Waals surface area contributed by atoms with E-state index >= 15 is 0 Å². The van der Waals surface area contributed by atoms with Gasteiger partial charge in [-0.2, -0.15) is 0 Å². The molecule has 0 aliphatic rings. The average molecular weight is 142 g/mol. The molecule has 0 unspecified atom stereocenters. The van der Waals surface area contributed by atoms with Gasteiger partial charge in [0.2, 0.25) is 0 Å². The summed E-state index contributed by atoms with van der Waals surface area (Å²) in [6.45, 7) is 7.20. The van der Waals surface area contributed by atoms with E-state index in [9.17, 15) is 4.39 Å². The molecule has 0 saturated carbocycles. The molecule has 0 fully saturated rings. The van der Waals surface area contributed by atoms with E-state index in [4.69, 9.17) is 0 Å². The summed E-state index contributed by atoms with van der Waals surface area (Å²) in [4.78, 5) is 0. The second-order valence-electron chi connectivity index (χ2n) is 2.61. The van der Waals surface area contributed by atoms with E-state index in [2.05, 4.69) is 6.58 Å². The fourth-order valence-electron chi connectivity index (χ4n) is 0.610. The third kappa shape index (κ3) is 7.41. The molecule has 0 saturated heterocycles. The number of hydrogen-bond donors (Lipinski definition) is 0. The van der Waals surface area contributed by atoms with Crippen molar-refractivity contribution in [2.45, 2.75) is 32.9 Å². The van der Waals surface area contributed by atoms with E-state index < -0.39 is 6.17 Å². The second-order valence-corrected chi connectivity index (χ2v) is 2.61. The lowest BCUT2D eigenvalue weighted by Crippen LogP contribution is -1.88. The minimum atomic E-state index is -0.685. The zero-order valence-electron chi connectivity index (χ0n) is 6.73. The Kier molecular flexibility index (Phi) is 4.91. The van der Waals surface area contributed by atoms with Gasteiger partial charge in [-0.25, -0.2) is 4.39 Å². The Bertz CT molecular complexity index is 123. The number of rotatable bonds is 4. The summed E-state index contributed by atoms with van der Waals surface area (Å²) in [6, 6.07) is 0. The van der Waals surface area contributed by atoms with Gasteiger partial charge in [0.15, 0.2) is 0 Å². The number of alkyl halides is 1. The van der Waals surface area contributed by atoms with Crippen LogP contribution in [0.15, 0.2) is 24.3 Å². The standard InChI is InChI=1S/C9H15F/c1-8(2)6-4-5-7-9(3)10/h4,6,9H,1,5,7H2,2-3H3/b6-4-/t9-/m0/s1. The molecule has 0 heterocycles. The normalized spacial score (nSPS) is 13.9. The molecule has 0 bridgehead atoms. The average Bonchev–Trinajstić information content (AvgIpc) is 1.79. The van der Waals surface area contributed by atoms with Crippen LogP contribution in [-0.4, -0.2) is 6.17 Å². The van der Waals surface area contributed by atoms with Crippen molar-refractivity contribution < 1.29 is 4.39 Å². The van der Waals surface area contributed by atoms with Crippen molar-refractivity contribution in [3.05, 3.63) is 24.3 Å². The Hall–Kier alpha value is -0.590. The zero-order valence-corrected chi connectivity index (χ0v) is 6.73.